The molecule has 0 heterocycles. The Bertz CT molecular complexity index is 1250. The van der Waals surface area contributed by atoms with E-state index in [2.05, 4.69) is 96.3 Å². The van der Waals surface area contributed by atoms with E-state index in [4.69, 9.17) is 5.41 Å². The summed E-state index contributed by atoms with van der Waals surface area (Å²) in [6.45, 7) is 0. The number of rotatable bonds is 1. The first-order valence-electron chi connectivity index (χ1n) is 9.97. The van der Waals surface area contributed by atoms with Crippen LogP contribution in [0.25, 0.3) is 22.3 Å². The number of benzene rings is 4. The van der Waals surface area contributed by atoms with Gasteiger partial charge in [-0.05, 0) is 50.6 Å². The summed E-state index contributed by atoms with van der Waals surface area (Å²) in [4.78, 5) is 0. The maximum Gasteiger partial charge on any atom is 0.125 e. The maximum atomic E-state index is 8.34. The summed E-state index contributed by atoms with van der Waals surface area (Å²) in [5, 5.41) is 11.3. The molecule has 2 nitrogen and oxygen atoms in total. The standard InChI is InChI=1S/C27H20N2/c1-29-26(28)17-14-15-21-20-10-4-7-13-24(20)27(25(21)16-17)22-11-5-2-8-18(22)19-9-3-6-12-23(19)27/h2-16H,1H3,(H2,28,29). The van der Waals surface area contributed by atoms with Crippen LogP contribution < -0.4 is 5.32 Å². The van der Waals surface area contributed by atoms with Crippen LogP contribution in [-0.4, -0.2) is 12.9 Å². The van der Waals surface area contributed by atoms with Crippen LogP contribution in [-0.2, 0) is 5.41 Å². The SMILES string of the molecule is CNC(=N)c1ccc2c(c1)C1(c3ccccc3-c3ccccc31)c1ccccc1-2. The predicted molar refractivity (Wildman–Crippen MR) is 119 cm³/mol. The van der Waals surface area contributed by atoms with E-state index in [-0.39, 0.29) is 5.41 Å². The van der Waals surface area contributed by atoms with E-state index in [9.17, 15) is 0 Å². The largest absolute Gasteiger partial charge is 0.373 e. The Kier molecular flexibility index (Phi) is 3.20. The molecule has 0 unspecified atom stereocenters. The second-order valence-electron chi connectivity index (χ2n) is 7.77. The quantitative estimate of drug-likeness (QED) is 0.287. The van der Waals surface area contributed by atoms with Crippen molar-refractivity contribution in [3.05, 3.63) is 119 Å². The van der Waals surface area contributed by atoms with Gasteiger partial charge >= 0.3 is 0 Å². The van der Waals surface area contributed by atoms with Crippen LogP contribution >= 0.6 is 0 Å². The van der Waals surface area contributed by atoms with Crippen molar-refractivity contribution in [3.63, 3.8) is 0 Å². The summed E-state index contributed by atoms with van der Waals surface area (Å²) >= 11 is 0. The van der Waals surface area contributed by atoms with Crippen LogP contribution in [0.2, 0.25) is 0 Å². The van der Waals surface area contributed by atoms with Crippen LogP contribution in [0.4, 0.5) is 0 Å². The molecule has 29 heavy (non-hydrogen) atoms. The topological polar surface area (TPSA) is 35.9 Å². The number of hydrogen-bond acceptors (Lipinski definition) is 1. The smallest absolute Gasteiger partial charge is 0.125 e. The zero-order chi connectivity index (χ0) is 19.6. The molecule has 0 bridgehead atoms. The van der Waals surface area contributed by atoms with Gasteiger partial charge in [0.2, 0.25) is 0 Å². The summed E-state index contributed by atoms with van der Waals surface area (Å²) in [6.07, 6.45) is 0. The number of nitrogens with one attached hydrogen (secondary N) is 2. The molecule has 0 saturated carbocycles. The highest BCUT2D eigenvalue weighted by Crippen LogP contribution is 2.62. The van der Waals surface area contributed by atoms with E-state index >= 15 is 0 Å². The van der Waals surface area contributed by atoms with E-state index < -0.39 is 0 Å². The highest BCUT2D eigenvalue weighted by Gasteiger charge is 2.51. The molecule has 0 amide bonds. The van der Waals surface area contributed by atoms with E-state index in [0.29, 0.717) is 5.84 Å². The van der Waals surface area contributed by atoms with E-state index in [1.165, 1.54) is 44.5 Å². The van der Waals surface area contributed by atoms with Gasteiger partial charge in [-0.2, -0.15) is 0 Å². The Morgan fingerprint density at radius 3 is 1.55 bits per heavy atom. The second kappa shape index (κ2) is 5.68. The fourth-order valence-electron chi connectivity index (χ4n) is 5.39. The third-order valence-corrected chi connectivity index (χ3v) is 6.54. The first-order chi connectivity index (χ1) is 14.3. The molecule has 4 aromatic carbocycles. The Hall–Kier alpha value is -3.65. The summed E-state index contributed by atoms with van der Waals surface area (Å²) in [6, 6.07) is 32.8. The van der Waals surface area contributed by atoms with Gasteiger partial charge in [-0.25, -0.2) is 0 Å². The summed E-state index contributed by atoms with van der Waals surface area (Å²) in [5.41, 5.74) is 11.0. The van der Waals surface area contributed by atoms with Crippen LogP contribution in [0.15, 0.2) is 91.0 Å². The van der Waals surface area contributed by atoms with Gasteiger partial charge in [-0.15, -0.1) is 0 Å². The maximum absolute atomic E-state index is 8.34. The van der Waals surface area contributed by atoms with Gasteiger partial charge in [0.05, 0.1) is 5.41 Å². The van der Waals surface area contributed by atoms with Crippen LogP contribution in [0.5, 0.6) is 0 Å². The minimum atomic E-state index is -0.330. The number of fused-ring (bicyclic) bond motifs is 10. The molecule has 1 spiro atoms. The van der Waals surface area contributed by atoms with Crippen LogP contribution in [0.3, 0.4) is 0 Å². The first kappa shape index (κ1) is 16.3. The third-order valence-electron chi connectivity index (χ3n) is 6.54. The molecule has 4 aromatic rings. The fraction of sp³-hybridized carbons (Fsp3) is 0.0741. The molecule has 2 N–H and O–H groups in total. The summed E-state index contributed by atoms with van der Waals surface area (Å²) in [7, 11) is 1.81. The third kappa shape index (κ3) is 1.88. The van der Waals surface area contributed by atoms with Gasteiger partial charge in [0.25, 0.3) is 0 Å². The molecule has 0 aromatic heterocycles. The van der Waals surface area contributed by atoms with Crippen molar-refractivity contribution in [2.45, 2.75) is 5.41 Å². The molecule has 0 saturated heterocycles. The predicted octanol–water partition coefficient (Wildman–Crippen LogP) is 5.57. The Labute approximate surface area is 170 Å². The fourth-order valence-corrected chi connectivity index (χ4v) is 5.39. The van der Waals surface area contributed by atoms with Crippen molar-refractivity contribution in [1.29, 1.82) is 5.41 Å². The van der Waals surface area contributed by atoms with Crippen molar-refractivity contribution >= 4 is 5.84 Å². The zero-order valence-electron chi connectivity index (χ0n) is 16.2. The second-order valence-corrected chi connectivity index (χ2v) is 7.77. The summed E-state index contributed by atoms with van der Waals surface area (Å²) < 4.78 is 0. The van der Waals surface area contributed by atoms with Crippen LogP contribution in [0, 0.1) is 5.41 Å². The lowest BCUT2D eigenvalue weighted by Gasteiger charge is -2.30. The van der Waals surface area contributed by atoms with Gasteiger partial charge < -0.3 is 5.32 Å². The average molecular weight is 372 g/mol. The Morgan fingerprint density at radius 2 is 1.07 bits per heavy atom. The minimum absolute atomic E-state index is 0.330. The minimum Gasteiger partial charge on any atom is -0.373 e. The number of amidine groups is 1. The Morgan fingerprint density at radius 1 is 0.621 bits per heavy atom. The van der Waals surface area contributed by atoms with E-state index in [1.54, 1.807) is 7.05 Å². The normalized spacial score (nSPS) is 14.1. The molecule has 6 rings (SSSR count). The molecule has 0 atom stereocenters. The monoisotopic (exact) mass is 372 g/mol. The molecule has 2 aliphatic rings. The first-order valence-corrected chi connectivity index (χ1v) is 9.97. The highest BCUT2D eigenvalue weighted by atomic mass is 14.9. The van der Waals surface area contributed by atoms with Crippen molar-refractivity contribution < 1.29 is 0 Å². The zero-order valence-corrected chi connectivity index (χ0v) is 16.2. The van der Waals surface area contributed by atoms with Gasteiger partial charge in [0.1, 0.15) is 5.84 Å². The molecule has 0 aliphatic heterocycles. The highest BCUT2D eigenvalue weighted by molar-refractivity contribution is 6.00. The Balaban J connectivity index is 1.81. The average Bonchev–Trinajstić information content (AvgIpc) is 3.25. The van der Waals surface area contributed by atoms with Crippen LogP contribution in [0.1, 0.15) is 27.8 Å². The van der Waals surface area contributed by atoms with Gasteiger partial charge in [0, 0.05) is 12.6 Å². The van der Waals surface area contributed by atoms with Gasteiger partial charge in [0.15, 0.2) is 0 Å². The van der Waals surface area contributed by atoms with E-state index in [0.717, 1.165) is 5.56 Å². The van der Waals surface area contributed by atoms with Crippen molar-refractivity contribution in [2.24, 2.45) is 0 Å². The lowest BCUT2D eigenvalue weighted by Crippen LogP contribution is -2.26. The lowest BCUT2D eigenvalue weighted by molar-refractivity contribution is 0.793. The molecular formula is C27H20N2. The summed E-state index contributed by atoms with van der Waals surface area (Å²) in [5.74, 6) is 0.443. The molecule has 2 heteroatoms. The molecule has 138 valence electrons. The van der Waals surface area contributed by atoms with Gasteiger partial charge in [-0.3, -0.25) is 5.41 Å². The van der Waals surface area contributed by atoms with Gasteiger partial charge in [-0.1, -0.05) is 84.9 Å². The molecule has 2 aliphatic carbocycles. The van der Waals surface area contributed by atoms with Crippen molar-refractivity contribution in [2.75, 3.05) is 7.05 Å². The molecular weight excluding hydrogens is 352 g/mol. The van der Waals surface area contributed by atoms with Crippen molar-refractivity contribution in [3.8, 4) is 22.3 Å². The molecule has 0 fully saturated rings. The lowest BCUT2D eigenvalue weighted by atomic mass is 9.70. The molecule has 0 radical (unpaired) electrons. The van der Waals surface area contributed by atoms with Crippen molar-refractivity contribution in [1.82, 2.24) is 5.32 Å². The van der Waals surface area contributed by atoms with E-state index in [1.807, 2.05) is 0 Å². The number of hydrogen-bond donors (Lipinski definition) is 2.